The first-order valence-corrected chi connectivity index (χ1v) is 7.42. The lowest BCUT2D eigenvalue weighted by atomic mass is 9.94. The first kappa shape index (κ1) is 15.0. The van der Waals surface area contributed by atoms with E-state index in [0.717, 1.165) is 22.4 Å². The van der Waals surface area contributed by atoms with Crippen molar-refractivity contribution in [2.75, 3.05) is 18.6 Å². The number of rotatable bonds is 2. The molecule has 0 N–H and O–H groups in total. The van der Waals surface area contributed by atoms with Crippen LogP contribution >= 0.6 is 0 Å². The highest BCUT2D eigenvalue weighted by Gasteiger charge is 2.26. The molecule has 1 aliphatic heterocycles. The van der Waals surface area contributed by atoms with Gasteiger partial charge in [0.25, 0.3) is 5.91 Å². The fraction of sp³-hybridized carbons (Fsp3) is 0.158. The van der Waals surface area contributed by atoms with Crippen LogP contribution in [-0.2, 0) is 4.74 Å². The van der Waals surface area contributed by atoms with Gasteiger partial charge in [-0.3, -0.25) is 4.79 Å². The van der Waals surface area contributed by atoms with Crippen LogP contribution in [0.25, 0.3) is 5.57 Å². The molecular formula is C19H17NO3. The van der Waals surface area contributed by atoms with E-state index in [1.807, 2.05) is 18.2 Å². The number of anilines is 1. The van der Waals surface area contributed by atoms with E-state index < -0.39 is 0 Å². The molecule has 1 heterocycles. The standard InChI is InChI=1S/C19H17NO3/c1-4-23-19(22)13-9-10-17-16(11-13)12(2)14-7-5-6-8-15(14)18(21)20(17)3/h5-11H,2,4H2,1,3H3. The van der Waals surface area contributed by atoms with Crippen LogP contribution < -0.4 is 4.90 Å². The molecule has 1 aliphatic rings. The van der Waals surface area contributed by atoms with Crippen LogP contribution in [0.4, 0.5) is 5.69 Å². The lowest BCUT2D eigenvalue weighted by Crippen LogP contribution is -2.26. The lowest BCUT2D eigenvalue weighted by Gasteiger charge is -2.18. The molecule has 0 atom stereocenters. The summed E-state index contributed by atoms with van der Waals surface area (Å²) in [6.07, 6.45) is 0. The van der Waals surface area contributed by atoms with Crippen molar-refractivity contribution in [2.45, 2.75) is 6.92 Å². The largest absolute Gasteiger partial charge is 0.462 e. The van der Waals surface area contributed by atoms with E-state index in [1.165, 1.54) is 0 Å². The topological polar surface area (TPSA) is 46.6 Å². The maximum atomic E-state index is 12.7. The second-order valence-electron chi connectivity index (χ2n) is 5.34. The predicted molar refractivity (Wildman–Crippen MR) is 89.7 cm³/mol. The van der Waals surface area contributed by atoms with Gasteiger partial charge in [-0.15, -0.1) is 0 Å². The van der Waals surface area contributed by atoms with Gasteiger partial charge in [-0.05, 0) is 42.3 Å². The Morgan fingerprint density at radius 2 is 1.83 bits per heavy atom. The molecule has 2 aromatic carbocycles. The molecule has 0 saturated heterocycles. The zero-order chi connectivity index (χ0) is 16.6. The molecule has 116 valence electrons. The zero-order valence-electron chi connectivity index (χ0n) is 13.1. The van der Waals surface area contributed by atoms with Gasteiger partial charge in [0, 0.05) is 18.2 Å². The van der Waals surface area contributed by atoms with E-state index in [2.05, 4.69) is 6.58 Å². The molecule has 0 aromatic heterocycles. The van der Waals surface area contributed by atoms with Crippen molar-refractivity contribution in [3.8, 4) is 0 Å². The minimum Gasteiger partial charge on any atom is -0.462 e. The van der Waals surface area contributed by atoms with Gasteiger partial charge in [-0.1, -0.05) is 24.8 Å². The molecular weight excluding hydrogens is 290 g/mol. The molecule has 0 fully saturated rings. The number of hydrogen-bond acceptors (Lipinski definition) is 3. The third-order valence-corrected chi connectivity index (χ3v) is 3.98. The summed E-state index contributed by atoms with van der Waals surface area (Å²) >= 11 is 0. The summed E-state index contributed by atoms with van der Waals surface area (Å²) in [6.45, 7) is 6.23. The molecule has 4 nitrogen and oxygen atoms in total. The monoisotopic (exact) mass is 307 g/mol. The minimum atomic E-state index is -0.380. The molecule has 4 heteroatoms. The third kappa shape index (κ3) is 2.42. The molecule has 0 spiro atoms. The maximum absolute atomic E-state index is 12.7. The highest BCUT2D eigenvalue weighted by Crippen LogP contribution is 2.36. The van der Waals surface area contributed by atoms with Crippen molar-refractivity contribution >= 4 is 23.1 Å². The SMILES string of the molecule is C=C1c2ccccc2C(=O)N(C)c2ccc(C(=O)OCC)cc21. The van der Waals surface area contributed by atoms with Gasteiger partial charge < -0.3 is 9.64 Å². The Balaban J connectivity index is 2.19. The van der Waals surface area contributed by atoms with Crippen LogP contribution in [-0.4, -0.2) is 25.5 Å². The second kappa shape index (κ2) is 5.72. The quantitative estimate of drug-likeness (QED) is 0.798. The van der Waals surface area contributed by atoms with E-state index in [-0.39, 0.29) is 11.9 Å². The van der Waals surface area contributed by atoms with Crippen LogP contribution in [0.15, 0.2) is 49.0 Å². The Morgan fingerprint density at radius 3 is 2.52 bits per heavy atom. The molecule has 23 heavy (non-hydrogen) atoms. The fourth-order valence-electron chi connectivity index (χ4n) is 2.78. The summed E-state index contributed by atoms with van der Waals surface area (Å²) in [7, 11) is 1.72. The lowest BCUT2D eigenvalue weighted by molar-refractivity contribution is 0.0526. The van der Waals surface area contributed by atoms with Gasteiger partial charge in [0.2, 0.25) is 0 Å². The normalized spacial score (nSPS) is 13.2. The summed E-state index contributed by atoms with van der Waals surface area (Å²) in [5.41, 5.74) is 4.05. The molecule has 0 bridgehead atoms. The predicted octanol–water partition coefficient (Wildman–Crippen LogP) is 3.51. The third-order valence-electron chi connectivity index (χ3n) is 3.98. The number of fused-ring (bicyclic) bond motifs is 2. The number of hydrogen-bond donors (Lipinski definition) is 0. The summed E-state index contributed by atoms with van der Waals surface area (Å²) in [5.74, 6) is -0.473. The Morgan fingerprint density at radius 1 is 1.13 bits per heavy atom. The van der Waals surface area contributed by atoms with Crippen molar-refractivity contribution in [3.63, 3.8) is 0 Å². The van der Waals surface area contributed by atoms with E-state index in [1.54, 1.807) is 43.1 Å². The summed E-state index contributed by atoms with van der Waals surface area (Å²) in [5, 5.41) is 0. The summed E-state index contributed by atoms with van der Waals surface area (Å²) < 4.78 is 5.05. The Hall–Kier alpha value is -2.88. The minimum absolute atomic E-state index is 0.0932. The van der Waals surface area contributed by atoms with Crippen molar-refractivity contribution < 1.29 is 14.3 Å². The average molecular weight is 307 g/mol. The van der Waals surface area contributed by atoms with E-state index >= 15 is 0 Å². The first-order chi connectivity index (χ1) is 11.0. The van der Waals surface area contributed by atoms with Gasteiger partial charge in [0.15, 0.2) is 0 Å². The van der Waals surface area contributed by atoms with Gasteiger partial charge in [-0.25, -0.2) is 4.79 Å². The Bertz CT molecular complexity index is 823. The van der Waals surface area contributed by atoms with Crippen molar-refractivity contribution in [3.05, 3.63) is 71.3 Å². The number of amides is 1. The number of benzene rings is 2. The molecule has 2 aromatic rings. The molecule has 1 amide bonds. The highest BCUT2D eigenvalue weighted by atomic mass is 16.5. The number of nitrogens with zero attached hydrogens (tertiary/aromatic N) is 1. The van der Waals surface area contributed by atoms with Gasteiger partial charge in [-0.2, -0.15) is 0 Å². The van der Waals surface area contributed by atoms with Crippen molar-refractivity contribution in [1.82, 2.24) is 0 Å². The number of carbonyl (C=O) groups is 2. The van der Waals surface area contributed by atoms with Crippen LogP contribution in [0.5, 0.6) is 0 Å². The molecule has 3 rings (SSSR count). The molecule has 0 aliphatic carbocycles. The number of ether oxygens (including phenoxy) is 1. The second-order valence-corrected chi connectivity index (χ2v) is 5.34. The average Bonchev–Trinajstić information content (AvgIpc) is 2.66. The Labute approximate surface area is 135 Å². The van der Waals surface area contributed by atoms with Crippen LogP contribution in [0.3, 0.4) is 0 Å². The molecule has 0 unspecified atom stereocenters. The Kier molecular flexibility index (Phi) is 3.74. The first-order valence-electron chi connectivity index (χ1n) is 7.42. The van der Waals surface area contributed by atoms with E-state index in [9.17, 15) is 9.59 Å². The summed E-state index contributed by atoms with van der Waals surface area (Å²) in [6, 6.07) is 12.5. The van der Waals surface area contributed by atoms with Crippen LogP contribution in [0.1, 0.15) is 38.8 Å². The van der Waals surface area contributed by atoms with E-state index in [0.29, 0.717) is 17.7 Å². The molecule has 0 radical (unpaired) electrons. The van der Waals surface area contributed by atoms with Gasteiger partial charge >= 0.3 is 5.97 Å². The number of esters is 1. The van der Waals surface area contributed by atoms with Gasteiger partial charge in [0.05, 0.1) is 17.9 Å². The van der Waals surface area contributed by atoms with Crippen molar-refractivity contribution in [1.29, 1.82) is 0 Å². The summed E-state index contributed by atoms with van der Waals surface area (Å²) in [4.78, 5) is 26.2. The van der Waals surface area contributed by atoms with Crippen molar-refractivity contribution in [2.24, 2.45) is 0 Å². The number of carbonyl (C=O) groups excluding carboxylic acids is 2. The molecule has 0 saturated carbocycles. The maximum Gasteiger partial charge on any atom is 0.338 e. The van der Waals surface area contributed by atoms with E-state index in [4.69, 9.17) is 4.74 Å². The van der Waals surface area contributed by atoms with Crippen LogP contribution in [0, 0.1) is 0 Å². The highest BCUT2D eigenvalue weighted by molar-refractivity contribution is 6.14. The van der Waals surface area contributed by atoms with Gasteiger partial charge in [0.1, 0.15) is 0 Å². The smallest absolute Gasteiger partial charge is 0.338 e. The zero-order valence-corrected chi connectivity index (χ0v) is 13.1. The van der Waals surface area contributed by atoms with Crippen LogP contribution in [0.2, 0.25) is 0 Å². The fourth-order valence-corrected chi connectivity index (χ4v) is 2.78.